The number of thiophene rings is 1. The van der Waals surface area contributed by atoms with Gasteiger partial charge in [0.1, 0.15) is 21.9 Å². The van der Waals surface area contributed by atoms with E-state index in [0.717, 1.165) is 11.3 Å². The monoisotopic (exact) mass is 438 g/mol. The van der Waals surface area contributed by atoms with Crippen molar-refractivity contribution in [3.05, 3.63) is 63.6 Å². The van der Waals surface area contributed by atoms with Crippen LogP contribution in [0.15, 0.2) is 42.5 Å². The smallest absolute Gasteiger partial charge is 0.346 e. The Morgan fingerprint density at radius 2 is 1.90 bits per heavy atom. The predicted molar refractivity (Wildman–Crippen MR) is 112 cm³/mol. The summed E-state index contributed by atoms with van der Waals surface area (Å²) in [6.45, 7) is 0. The lowest BCUT2D eigenvalue weighted by molar-refractivity contribution is -0.125. The highest BCUT2D eigenvalue weighted by Gasteiger charge is 2.55. The molecule has 0 aliphatic carbocycles. The molecule has 2 aliphatic rings. The summed E-state index contributed by atoms with van der Waals surface area (Å²) in [6.07, 6.45) is -0.202. The third kappa shape index (κ3) is 2.66. The summed E-state index contributed by atoms with van der Waals surface area (Å²) < 4.78 is 18.9. The molecule has 0 fully saturated rings. The van der Waals surface area contributed by atoms with Gasteiger partial charge in [-0.1, -0.05) is 18.2 Å². The fourth-order valence-corrected chi connectivity index (χ4v) is 5.60. The average molecular weight is 438 g/mol. The number of halogens is 1. The van der Waals surface area contributed by atoms with Crippen molar-refractivity contribution in [3.8, 4) is 16.9 Å². The summed E-state index contributed by atoms with van der Waals surface area (Å²) in [4.78, 5) is 38.4. The fraction of sp³-hybridized carbons (Fsp3) is 0.136. The van der Waals surface area contributed by atoms with Gasteiger partial charge in [-0.2, -0.15) is 0 Å². The number of rotatable bonds is 3. The lowest BCUT2D eigenvalue weighted by atomic mass is 9.74. The molecule has 1 unspecified atom stereocenters. The first-order chi connectivity index (χ1) is 14.8. The molecule has 1 atom stereocenters. The van der Waals surface area contributed by atoms with Gasteiger partial charge in [0.05, 0.1) is 24.1 Å². The first-order valence-corrected chi connectivity index (χ1v) is 10.1. The highest BCUT2D eigenvalue weighted by molar-refractivity contribution is 7.15. The van der Waals surface area contributed by atoms with E-state index in [0.29, 0.717) is 27.3 Å². The summed E-state index contributed by atoms with van der Waals surface area (Å²) in [5, 5.41) is 15.3. The minimum atomic E-state index is -1.42. The molecule has 2 amide bonds. The van der Waals surface area contributed by atoms with E-state index in [1.165, 1.54) is 25.3 Å². The molecule has 1 spiro atoms. The highest BCUT2D eigenvalue weighted by atomic mass is 32.1. The Morgan fingerprint density at radius 3 is 2.58 bits per heavy atom. The molecule has 1 aromatic heterocycles. The van der Waals surface area contributed by atoms with Crippen molar-refractivity contribution < 1.29 is 28.6 Å². The van der Waals surface area contributed by atoms with E-state index in [9.17, 15) is 23.9 Å². The Kier molecular flexibility index (Phi) is 4.13. The van der Waals surface area contributed by atoms with Gasteiger partial charge in [0, 0.05) is 11.3 Å². The Labute approximate surface area is 179 Å². The van der Waals surface area contributed by atoms with Crippen LogP contribution in [0.5, 0.6) is 5.75 Å². The van der Waals surface area contributed by atoms with Crippen molar-refractivity contribution in [2.75, 3.05) is 17.7 Å². The first-order valence-electron chi connectivity index (χ1n) is 9.31. The van der Waals surface area contributed by atoms with Crippen molar-refractivity contribution in [2.24, 2.45) is 0 Å². The van der Waals surface area contributed by atoms with Gasteiger partial charge in [0.25, 0.3) is 0 Å². The number of fused-ring (bicyclic) bond motifs is 4. The van der Waals surface area contributed by atoms with Crippen LogP contribution in [0.1, 0.15) is 26.5 Å². The first kappa shape index (κ1) is 19.3. The maximum Gasteiger partial charge on any atom is 0.346 e. The van der Waals surface area contributed by atoms with Crippen LogP contribution in [0.3, 0.4) is 0 Å². The molecule has 5 rings (SSSR count). The Morgan fingerprint density at radius 1 is 1.16 bits per heavy atom. The minimum Gasteiger partial charge on any atom is -0.497 e. The standard InChI is InChI=1S/C22H15FN2O5S/c1-30-12-5-2-10(3-6-12)16-17-19(31-18(16)20(27)28)22(9-15(26)25-17)13-7-4-11(23)8-14(13)24-21(22)29/h2-8H,9H2,1H3,(H,24,29)(H,25,26)(H,27,28). The molecule has 0 radical (unpaired) electrons. The molecule has 0 saturated carbocycles. The maximum absolute atomic E-state index is 13.8. The van der Waals surface area contributed by atoms with E-state index < -0.39 is 29.0 Å². The quantitative estimate of drug-likeness (QED) is 0.576. The van der Waals surface area contributed by atoms with Crippen LogP contribution < -0.4 is 15.4 Å². The molecule has 3 aromatic rings. The highest BCUT2D eigenvalue weighted by Crippen LogP contribution is 2.56. The Balaban J connectivity index is 1.80. The topological polar surface area (TPSA) is 105 Å². The molecule has 2 aromatic carbocycles. The number of carboxylic acid groups (broad SMARTS) is 1. The number of benzene rings is 2. The normalized spacial score (nSPS) is 18.9. The SMILES string of the molecule is COc1ccc(-c2c(C(=O)O)sc3c2NC(=O)CC32C(=O)Nc3cc(F)ccc32)cc1. The lowest BCUT2D eigenvalue weighted by Gasteiger charge is -2.31. The van der Waals surface area contributed by atoms with Crippen LogP contribution in [0, 0.1) is 5.82 Å². The summed E-state index contributed by atoms with van der Waals surface area (Å²) >= 11 is 0.944. The number of hydrogen-bond acceptors (Lipinski definition) is 5. The largest absolute Gasteiger partial charge is 0.497 e. The zero-order valence-electron chi connectivity index (χ0n) is 16.1. The number of nitrogens with one attached hydrogen (secondary N) is 2. The van der Waals surface area contributed by atoms with E-state index in [1.54, 1.807) is 24.3 Å². The molecule has 0 bridgehead atoms. The number of methoxy groups -OCH3 is 1. The number of ether oxygens (including phenoxy) is 1. The average Bonchev–Trinajstić information content (AvgIpc) is 3.24. The number of carbonyl (C=O) groups is 3. The van der Waals surface area contributed by atoms with Gasteiger partial charge >= 0.3 is 5.97 Å². The number of aromatic carboxylic acids is 1. The molecule has 3 heterocycles. The summed E-state index contributed by atoms with van der Waals surface area (Å²) in [5.41, 5.74) is 0.490. The van der Waals surface area contributed by atoms with Crippen LogP contribution in [0.25, 0.3) is 11.1 Å². The Bertz CT molecular complexity index is 1280. The second-order valence-corrected chi connectivity index (χ2v) is 8.34. The molecular weight excluding hydrogens is 423 g/mol. The fourth-order valence-electron chi connectivity index (χ4n) is 4.28. The third-order valence-corrected chi connectivity index (χ3v) is 6.98. The van der Waals surface area contributed by atoms with Crippen LogP contribution in [-0.4, -0.2) is 30.0 Å². The van der Waals surface area contributed by atoms with E-state index in [-0.39, 0.29) is 22.7 Å². The molecule has 3 N–H and O–H groups in total. The van der Waals surface area contributed by atoms with Crippen molar-refractivity contribution in [3.63, 3.8) is 0 Å². The van der Waals surface area contributed by atoms with Crippen LogP contribution in [-0.2, 0) is 15.0 Å². The number of carboxylic acids is 1. The van der Waals surface area contributed by atoms with Gasteiger partial charge in [0.2, 0.25) is 11.8 Å². The molecular formula is C22H15FN2O5S. The van der Waals surface area contributed by atoms with E-state index in [1.807, 2.05) is 0 Å². The maximum atomic E-state index is 13.8. The van der Waals surface area contributed by atoms with Crippen molar-refractivity contribution in [2.45, 2.75) is 11.8 Å². The van der Waals surface area contributed by atoms with Crippen LogP contribution in [0.4, 0.5) is 15.8 Å². The van der Waals surface area contributed by atoms with Gasteiger partial charge in [-0.25, -0.2) is 9.18 Å². The zero-order valence-corrected chi connectivity index (χ0v) is 16.9. The molecule has 31 heavy (non-hydrogen) atoms. The minimum absolute atomic E-state index is 0.0000958. The molecule has 7 nitrogen and oxygen atoms in total. The Hall–Kier alpha value is -3.72. The second kappa shape index (κ2) is 6.64. The summed E-state index contributed by atoms with van der Waals surface area (Å²) in [5.74, 6) is -2.01. The van der Waals surface area contributed by atoms with E-state index in [2.05, 4.69) is 10.6 Å². The van der Waals surface area contributed by atoms with Gasteiger partial charge in [-0.3, -0.25) is 9.59 Å². The predicted octanol–water partition coefficient (Wildman–Crippen LogP) is 3.84. The number of carbonyl (C=O) groups excluding carboxylic acids is 2. The third-order valence-electron chi connectivity index (χ3n) is 5.64. The lowest BCUT2D eigenvalue weighted by Crippen LogP contribution is -2.42. The van der Waals surface area contributed by atoms with Gasteiger partial charge < -0.3 is 20.5 Å². The molecule has 9 heteroatoms. The van der Waals surface area contributed by atoms with Crippen molar-refractivity contribution in [1.29, 1.82) is 0 Å². The van der Waals surface area contributed by atoms with Crippen molar-refractivity contribution >= 4 is 40.5 Å². The van der Waals surface area contributed by atoms with Crippen LogP contribution >= 0.6 is 11.3 Å². The van der Waals surface area contributed by atoms with Gasteiger partial charge in [-0.15, -0.1) is 11.3 Å². The van der Waals surface area contributed by atoms with Crippen LogP contribution in [0.2, 0.25) is 0 Å². The zero-order chi connectivity index (χ0) is 21.9. The van der Waals surface area contributed by atoms with Crippen molar-refractivity contribution in [1.82, 2.24) is 0 Å². The van der Waals surface area contributed by atoms with E-state index >= 15 is 0 Å². The number of amides is 2. The molecule has 156 valence electrons. The van der Waals surface area contributed by atoms with Gasteiger partial charge in [-0.05, 0) is 35.4 Å². The summed E-state index contributed by atoms with van der Waals surface area (Å²) in [7, 11) is 1.52. The summed E-state index contributed by atoms with van der Waals surface area (Å²) in [6, 6.07) is 10.7. The number of anilines is 2. The second-order valence-electron chi connectivity index (χ2n) is 7.32. The number of hydrogen-bond donors (Lipinski definition) is 3. The van der Waals surface area contributed by atoms with Gasteiger partial charge in [0.15, 0.2) is 0 Å². The molecule has 2 aliphatic heterocycles. The molecule has 0 saturated heterocycles. The van der Waals surface area contributed by atoms with E-state index in [4.69, 9.17) is 4.74 Å².